The van der Waals surface area contributed by atoms with Crippen LogP contribution in [0.3, 0.4) is 0 Å². The summed E-state index contributed by atoms with van der Waals surface area (Å²) in [6, 6.07) is 2.71. The molecule has 0 N–H and O–H groups in total. The Labute approximate surface area is 111 Å². The first-order chi connectivity index (χ1) is 8.31. The van der Waals surface area contributed by atoms with Crippen molar-refractivity contribution < 1.29 is 14.4 Å². The lowest BCUT2D eigenvalue weighted by atomic mass is 10.2. The Morgan fingerprint density at radius 2 is 1.56 bits per heavy atom. The molecule has 0 aliphatic carbocycles. The molecule has 0 saturated heterocycles. The lowest BCUT2D eigenvalue weighted by molar-refractivity contribution is -0.384. The fraction of sp³-hybridized carbons (Fsp3) is 0.500. The van der Waals surface area contributed by atoms with Gasteiger partial charge in [-0.3, -0.25) is 10.1 Å². The summed E-state index contributed by atoms with van der Waals surface area (Å²) < 4.78 is 11.0. The Balaban J connectivity index is 3.22. The third kappa shape index (κ3) is 3.77. The van der Waals surface area contributed by atoms with Gasteiger partial charge in [0.25, 0.3) is 5.69 Å². The van der Waals surface area contributed by atoms with E-state index < -0.39 is 4.92 Å². The summed E-state index contributed by atoms with van der Waals surface area (Å²) in [6.45, 7) is 7.38. The van der Waals surface area contributed by atoms with Crippen molar-refractivity contribution in [2.75, 3.05) is 0 Å². The van der Waals surface area contributed by atoms with Crippen LogP contribution in [0.4, 0.5) is 5.69 Å². The van der Waals surface area contributed by atoms with Crippen molar-refractivity contribution in [1.82, 2.24) is 0 Å². The normalized spacial score (nSPS) is 10.8. The van der Waals surface area contributed by atoms with Crippen molar-refractivity contribution in [3.8, 4) is 11.5 Å². The first kappa shape index (κ1) is 14.6. The minimum absolute atomic E-state index is 0.0340. The first-order valence-corrected chi connectivity index (χ1v) is 6.00. The van der Waals surface area contributed by atoms with Crippen molar-refractivity contribution >= 4 is 17.3 Å². The van der Waals surface area contributed by atoms with Crippen LogP contribution in [0.25, 0.3) is 0 Å². The van der Waals surface area contributed by atoms with E-state index in [1.807, 2.05) is 27.7 Å². The third-order valence-corrected chi connectivity index (χ3v) is 2.24. The lowest BCUT2D eigenvalue weighted by Crippen LogP contribution is -2.11. The fourth-order valence-corrected chi connectivity index (χ4v) is 1.58. The van der Waals surface area contributed by atoms with Crippen molar-refractivity contribution in [3.63, 3.8) is 0 Å². The fourth-order valence-electron chi connectivity index (χ4n) is 1.36. The minimum Gasteiger partial charge on any atom is -0.487 e. The molecule has 0 bridgehead atoms. The van der Waals surface area contributed by atoms with Crippen molar-refractivity contribution in [2.24, 2.45) is 0 Å². The highest BCUT2D eigenvalue weighted by atomic mass is 35.5. The van der Waals surface area contributed by atoms with Gasteiger partial charge in [0.15, 0.2) is 11.5 Å². The van der Waals surface area contributed by atoms with Crippen LogP contribution >= 0.6 is 11.6 Å². The molecular weight excluding hydrogens is 258 g/mol. The molecule has 1 aromatic rings. The monoisotopic (exact) mass is 273 g/mol. The number of ether oxygens (including phenoxy) is 2. The van der Waals surface area contributed by atoms with E-state index in [4.69, 9.17) is 21.1 Å². The Kier molecular flexibility index (Phi) is 4.78. The van der Waals surface area contributed by atoms with Crippen LogP contribution in [0.15, 0.2) is 12.1 Å². The van der Waals surface area contributed by atoms with E-state index in [9.17, 15) is 10.1 Å². The molecule has 5 nitrogen and oxygen atoms in total. The lowest BCUT2D eigenvalue weighted by Gasteiger charge is -2.17. The number of benzene rings is 1. The van der Waals surface area contributed by atoms with Gasteiger partial charge >= 0.3 is 0 Å². The second kappa shape index (κ2) is 5.91. The van der Waals surface area contributed by atoms with Crippen LogP contribution in [0.2, 0.25) is 5.02 Å². The summed E-state index contributed by atoms with van der Waals surface area (Å²) in [4.78, 5) is 10.3. The molecule has 0 fully saturated rings. The van der Waals surface area contributed by atoms with Gasteiger partial charge in [0.1, 0.15) is 5.02 Å². The molecule has 6 heteroatoms. The van der Waals surface area contributed by atoms with Crippen LogP contribution in [0.1, 0.15) is 27.7 Å². The number of hydrogen-bond donors (Lipinski definition) is 0. The molecule has 0 unspecified atom stereocenters. The van der Waals surface area contributed by atoms with Gasteiger partial charge in [0, 0.05) is 6.07 Å². The summed E-state index contributed by atoms with van der Waals surface area (Å²) in [5.74, 6) is 0.740. The Morgan fingerprint density at radius 3 is 1.94 bits per heavy atom. The van der Waals surface area contributed by atoms with E-state index in [2.05, 4.69) is 0 Å². The standard InChI is InChI=1S/C12H16ClNO4/c1-7(2)17-11-5-9(13)10(14(15)16)6-12(11)18-8(3)4/h5-8H,1-4H3. The molecule has 0 aliphatic heterocycles. The van der Waals surface area contributed by atoms with Gasteiger partial charge < -0.3 is 9.47 Å². The number of nitro benzene ring substituents is 1. The summed E-state index contributed by atoms with van der Waals surface area (Å²) in [6.07, 6.45) is -0.183. The number of nitro groups is 1. The maximum absolute atomic E-state index is 10.8. The summed E-state index contributed by atoms with van der Waals surface area (Å²) in [5.41, 5.74) is -0.191. The molecule has 0 spiro atoms. The van der Waals surface area contributed by atoms with Gasteiger partial charge in [0.05, 0.1) is 23.2 Å². The quantitative estimate of drug-likeness (QED) is 0.604. The average molecular weight is 274 g/mol. The number of halogens is 1. The maximum Gasteiger partial charge on any atom is 0.291 e. The van der Waals surface area contributed by atoms with Crippen molar-refractivity contribution in [1.29, 1.82) is 0 Å². The second-order valence-corrected chi connectivity index (χ2v) is 4.75. The molecule has 1 rings (SSSR count). The molecule has 0 atom stereocenters. The van der Waals surface area contributed by atoms with Crippen LogP contribution in [-0.4, -0.2) is 17.1 Å². The van der Waals surface area contributed by atoms with Gasteiger partial charge in [-0.15, -0.1) is 0 Å². The molecule has 0 radical (unpaired) electrons. The number of rotatable bonds is 5. The zero-order valence-electron chi connectivity index (χ0n) is 10.8. The molecule has 0 aromatic heterocycles. The highest BCUT2D eigenvalue weighted by Crippen LogP contribution is 2.38. The molecule has 0 aliphatic rings. The SMILES string of the molecule is CC(C)Oc1cc(Cl)c([N+](=O)[O-])cc1OC(C)C. The molecule has 0 heterocycles. The van der Waals surface area contributed by atoms with Crippen LogP contribution in [-0.2, 0) is 0 Å². The minimum atomic E-state index is -0.547. The molecule has 0 amide bonds. The van der Waals surface area contributed by atoms with Gasteiger partial charge in [-0.05, 0) is 27.7 Å². The van der Waals surface area contributed by atoms with Gasteiger partial charge in [-0.2, -0.15) is 0 Å². The Morgan fingerprint density at radius 1 is 1.11 bits per heavy atom. The van der Waals surface area contributed by atoms with E-state index >= 15 is 0 Å². The van der Waals surface area contributed by atoms with Crippen molar-refractivity contribution in [3.05, 3.63) is 27.3 Å². The highest BCUT2D eigenvalue weighted by molar-refractivity contribution is 6.32. The maximum atomic E-state index is 10.8. The topological polar surface area (TPSA) is 61.6 Å². The van der Waals surface area contributed by atoms with E-state index in [-0.39, 0.29) is 22.9 Å². The Bertz CT molecular complexity index is 446. The molecule has 1 aromatic carbocycles. The van der Waals surface area contributed by atoms with E-state index in [1.54, 1.807) is 0 Å². The second-order valence-electron chi connectivity index (χ2n) is 4.34. The number of nitrogens with zero attached hydrogens (tertiary/aromatic N) is 1. The predicted octanol–water partition coefficient (Wildman–Crippen LogP) is 3.82. The molecular formula is C12H16ClNO4. The third-order valence-electron chi connectivity index (χ3n) is 1.94. The molecule has 0 saturated carbocycles. The first-order valence-electron chi connectivity index (χ1n) is 5.62. The van der Waals surface area contributed by atoms with Crippen LogP contribution in [0.5, 0.6) is 11.5 Å². The average Bonchev–Trinajstić information content (AvgIpc) is 2.19. The van der Waals surface area contributed by atoms with Crippen molar-refractivity contribution in [2.45, 2.75) is 39.9 Å². The summed E-state index contributed by atoms with van der Waals surface area (Å²) >= 11 is 5.84. The number of hydrogen-bond acceptors (Lipinski definition) is 4. The van der Waals surface area contributed by atoms with Gasteiger partial charge in [0.2, 0.25) is 0 Å². The summed E-state index contributed by atoms with van der Waals surface area (Å²) in [5, 5.41) is 10.9. The van der Waals surface area contributed by atoms with E-state index in [1.165, 1.54) is 12.1 Å². The highest BCUT2D eigenvalue weighted by Gasteiger charge is 2.20. The van der Waals surface area contributed by atoms with Gasteiger partial charge in [-0.1, -0.05) is 11.6 Å². The van der Waals surface area contributed by atoms with E-state index in [0.717, 1.165) is 0 Å². The zero-order chi connectivity index (χ0) is 13.9. The zero-order valence-corrected chi connectivity index (χ0v) is 11.5. The van der Waals surface area contributed by atoms with Crippen LogP contribution < -0.4 is 9.47 Å². The van der Waals surface area contributed by atoms with E-state index in [0.29, 0.717) is 11.5 Å². The largest absolute Gasteiger partial charge is 0.487 e. The van der Waals surface area contributed by atoms with Gasteiger partial charge in [-0.25, -0.2) is 0 Å². The van der Waals surface area contributed by atoms with Crippen LogP contribution in [0, 0.1) is 10.1 Å². The Hall–Kier alpha value is -1.49. The molecule has 18 heavy (non-hydrogen) atoms. The molecule has 100 valence electrons. The summed E-state index contributed by atoms with van der Waals surface area (Å²) in [7, 11) is 0. The smallest absolute Gasteiger partial charge is 0.291 e. The predicted molar refractivity (Wildman–Crippen MR) is 69.6 cm³/mol.